The normalized spacial score (nSPS) is 13.6. The first-order valence-electron chi connectivity index (χ1n) is 8.07. The summed E-state index contributed by atoms with van der Waals surface area (Å²) in [5.41, 5.74) is 0. The molecule has 0 aliphatic carbocycles. The number of rotatable bonds is 14. The Morgan fingerprint density at radius 3 is 1.95 bits per heavy atom. The van der Waals surface area contributed by atoms with Crippen LogP contribution in [-0.4, -0.2) is 19.6 Å². The maximum absolute atomic E-state index is 10.3. The molecular formula is C15H32O4S. The van der Waals surface area contributed by atoms with Gasteiger partial charge >= 0.3 is 10.4 Å². The summed E-state index contributed by atoms with van der Waals surface area (Å²) in [6, 6.07) is 0. The van der Waals surface area contributed by atoms with Gasteiger partial charge in [0.15, 0.2) is 0 Å². The van der Waals surface area contributed by atoms with Crippen LogP contribution in [0, 0.1) is 5.92 Å². The molecule has 1 unspecified atom stereocenters. The lowest BCUT2D eigenvalue weighted by Crippen LogP contribution is -2.06. The zero-order valence-electron chi connectivity index (χ0n) is 13.1. The molecule has 0 spiro atoms. The molecule has 122 valence electrons. The Bertz CT molecular complexity index is 301. The summed E-state index contributed by atoms with van der Waals surface area (Å²) in [4.78, 5) is 0. The van der Waals surface area contributed by atoms with Crippen LogP contribution in [0.5, 0.6) is 0 Å². The number of hydrogen-bond donors (Lipinski definition) is 1. The smallest absolute Gasteiger partial charge is 0.264 e. The van der Waals surface area contributed by atoms with Crippen molar-refractivity contribution < 1.29 is 17.2 Å². The van der Waals surface area contributed by atoms with Crippen molar-refractivity contribution in [2.45, 2.75) is 84.5 Å². The van der Waals surface area contributed by atoms with E-state index in [1.54, 1.807) is 0 Å². The standard InChI is InChI=1S/C15H32O4S/c1-3-4-5-6-7-8-9-10-12-15(2)13-11-14-19-20(16,17)18/h15H,3-14H2,1-2H3,(H,16,17,18). The van der Waals surface area contributed by atoms with E-state index in [-0.39, 0.29) is 6.61 Å². The molecule has 0 heterocycles. The van der Waals surface area contributed by atoms with Gasteiger partial charge in [-0.05, 0) is 18.8 Å². The summed E-state index contributed by atoms with van der Waals surface area (Å²) in [5.74, 6) is 0.597. The number of unbranched alkanes of at least 4 members (excludes halogenated alkanes) is 7. The van der Waals surface area contributed by atoms with Gasteiger partial charge in [0, 0.05) is 0 Å². The van der Waals surface area contributed by atoms with Gasteiger partial charge in [-0.25, -0.2) is 4.18 Å². The van der Waals surface area contributed by atoms with Crippen LogP contribution < -0.4 is 0 Å². The van der Waals surface area contributed by atoms with Crippen LogP contribution in [0.25, 0.3) is 0 Å². The van der Waals surface area contributed by atoms with Gasteiger partial charge < -0.3 is 0 Å². The van der Waals surface area contributed by atoms with Gasteiger partial charge in [-0.1, -0.05) is 71.6 Å². The summed E-state index contributed by atoms with van der Waals surface area (Å²) >= 11 is 0. The zero-order valence-corrected chi connectivity index (χ0v) is 14.0. The Labute approximate surface area is 125 Å². The first-order valence-corrected chi connectivity index (χ1v) is 9.44. The highest BCUT2D eigenvalue weighted by Crippen LogP contribution is 2.16. The Hall–Kier alpha value is -0.130. The average molecular weight is 308 g/mol. The largest absolute Gasteiger partial charge is 0.397 e. The van der Waals surface area contributed by atoms with Crippen molar-refractivity contribution in [3.05, 3.63) is 0 Å². The van der Waals surface area contributed by atoms with Crippen LogP contribution >= 0.6 is 0 Å². The maximum Gasteiger partial charge on any atom is 0.397 e. The van der Waals surface area contributed by atoms with Gasteiger partial charge in [0.05, 0.1) is 6.61 Å². The first kappa shape index (κ1) is 19.9. The molecule has 0 bridgehead atoms. The highest BCUT2D eigenvalue weighted by atomic mass is 32.3. The van der Waals surface area contributed by atoms with Crippen molar-refractivity contribution in [2.75, 3.05) is 6.61 Å². The van der Waals surface area contributed by atoms with Crippen molar-refractivity contribution in [1.29, 1.82) is 0 Å². The minimum absolute atomic E-state index is 0.0839. The molecule has 0 saturated carbocycles. The fraction of sp³-hybridized carbons (Fsp3) is 1.00. The Morgan fingerprint density at radius 1 is 0.900 bits per heavy atom. The van der Waals surface area contributed by atoms with E-state index in [1.807, 2.05) is 0 Å². The minimum atomic E-state index is -4.26. The third kappa shape index (κ3) is 15.9. The minimum Gasteiger partial charge on any atom is -0.264 e. The number of hydrogen-bond acceptors (Lipinski definition) is 3. The maximum atomic E-state index is 10.3. The average Bonchev–Trinajstić information content (AvgIpc) is 2.37. The molecular weight excluding hydrogens is 276 g/mol. The van der Waals surface area contributed by atoms with Crippen LogP contribution in [0.2, 0.25) is 0 Å². The van der Waals surface area contributed by atoms with Crippen molar-refractivity contribution in [3.63, 3.8) is 0 Å². The van der Waals surface area contributed by atoms with E-state index >= 15 is 0 Å². The Morgan fingerprint density at radius 2 is 1.40 bits per heavy atom. The lowest BCUT2D eigenvalue weighted by Gasteiger charge is -2.10. The second-order valence-electron chi connectivity index (χ2n) is 5.76. The second-order valence-corrected chi connectivity index (χ2v) is 6.85. The fourth-order valence-corrected chi connectivity index (χ4v) is 2.70. The highest BCUT2D eigenvalue weighted by molar-refractivity contribution is 7.80. The highest BCUT2D eigenvalue weighted by Gasteiger charge is 2.06. The SMILES string of the molecule is CCCCCCCCCCC(C)CCCOS(=O)(=O)O. The summed E-state index contributed by atoms with van der Waals surface area (Å²) < 4.78 is 33.4. The van der Waals surface area contributed by atoms with E-state index in [0.717, 1.165) is 6.42 Å². The molecule has 0 fully saturated rings. The summed E-state index contributed by atoms with van der Waals surface area (Å²) in [6.45, 7) is 4.51. The van der Waals surface area contributed by atoms with Crippen LogP contribution in [0.15, 0.2) is 0 Å². The molecule has 0 amide bonds. The van der Waals surface area contributed by atoms with Crippen molar-refractivity contribution in [2.24, 2.45) is 5.92 Å². The van der Waals surface area contributed by atoms with Gasteiger partial charge in [-0.15, -0.1) is 0 Å². The lowest BCUT2D eigenvalue weighted by molar-refractivity contribution is 0.254. The predicted octanol–water partition coefficient (Wildman–Crippen LogP) is 4.75. The third-order valence-electron chi connectivity index (χ3n) is 3.62. The molecule has 0 saturated heterocycles. The zero-order chi connectivity index (χ0) is 15.3. The van der Waals surface area contributed by atoms with E-state index in [4.69, 9.17) is 4.55 Å². The molecule has 5 heteroatoms. The van der Waals surface area contributed by atoms with Gasteiger partial charge in [0.1, 0.15) is 0 Å². The molecule has 0 aliphatic rings. The topological polar surface area (TPSA) is 63.6 Å². The fourth-order valence-electron chi connectivity index (χ4n) is 2.37. The molecule has 0 aromatic rings. The lowest BCUT2D eigenvalue weighted by atomic mass is 9.97. The summed E-state index contributed by atoms with van der Waals surface area (Å²) in [7, 11) is -4.26. The predicted molar refractivity (Wildman–Crippen MR) is 83.1 cm³/mol. The van der Waals surface area contributed by atoms with Crippen molar-refractivity contribution >= 4 is 10.4 Å². The second kappa shape index (κ2) is 12.6. The van der Waals surface area contributed by atoms with E-state index in [1.165, 1.54) is 57.8 Å². The molecule has 0 radical (unpaired) electrons. The third-order valence-corrected chi connectivity index (χ3v) is 4.09. The molecule has 0 aromatic heterocycles. The van der Waals surface area contributed by atoms with Gasteiger partial charge in [-0.2, -0.15) is 8.42 Å². The van der Waals surface area contributed by atoms with E-state index in [2.05, 4.69) is 18.0 Å². The quantitative estimate of drug-likeness (QED) is 0.371. The Balaban J connectivity index is 3.26. The van der Waals surface area contributed by atoms with E-state index < -0.39 is 10.4 Å². The molecule has 4 nitrogen and oxygen atoms in total. The molecule has 1 N–H and O–H groups in total. The van der Waals surface area contributed by atoms with Crippen molar-refractivity contribution in [3.8, 4) is 0 Å². The van der Waals surface area contributed by atoms with Gasteiger partial charge in [0.2, 0.25) is 0 Å². The summed E-state index contributed by atoms with van der Waals surface area (Å²) in [5, 5.41) is 0. The van der Waals surface area contributed by atoms with Gasteiger partial charge in [-0.3, -0.25) is 4.55 Å². The van der Waals surface area contributed by atoms with Crippen LogP contribution in [0.3, 0.4) is 0 Å². The Kier molecular flexibility index (Phi) is 12.5. The first-order chi connectivity index (χ1) is 9.45. The monoisotopic (exact) mass is 308 g/mol. The van der Waals surface area contributed by atoms with Crippen molar-refractivity contribution in [1.82, 2.24) is 0 Å². The van der Waals surface area contributed by atoms with Gasteiger partial charge in [0.25, 0.3) is 0 Å². The molecule has 0 aromatic carbocycles. The van der Waals surface area contributed by atoms with E-state index in [0.29, 0.717) is 12.3 Å². The molecule has 0 aliphatic heterocycles. The van der Waals surface area contributed by atoms with Crippen LogP contribution in [0.4, 0.5) is 0 Å². The van der Waals surface area contributed by atoms with E-state index in [9.17, 15) is 8.42 Å². The summed E-state index contributed by atoms with van der Waals surface area (Å²) in [6.07, 6.45) is 13.5. The molecule has 1 atom stereocenters. The van der Waals surface area contributed by atoms with Crippen LogP contribution in [0.1, 0.15) is 84.5 Å². The van der Waals surface area contributed by atoms with Crippen LogP contribution in [-0.2, 0) is 14.6 Å². The molecule has 20 heavy (non-hydrogen) atoms. The molecule has 0 rings (SSSR count).